The number of ether oxygens (including phenoxy) is 2. The minimum Gasteiger partial charge on any atom is -0.466 e. The zero-order chi connectivity index (χ0) is 17.6. The van der Waals surface area contributed by atoms with Gasteiger partial charge in [-0.1, -0.05) is 12.1 Å². The second kappa shape index (κ2) is 8.04. The summed E-state index contributed by atoms with van der Waals surface area (Å²) in [6.07, 6.45) is 0. The van der Waals surface area contributed by atoms with Gasteiger partial charge in [0.2, 0.25) is 10.0 Å². The Morgan fingerprint density at radius 1 is 1.21 bits per heavy atom. The summed E-state index contributed by atoms with van der Waals surface area (Å²) in [5.74, 6) is -1.51. The molecule has 0 bridgehead atoms. The summed E-state index contributed by atoms with van der Waals surface area (Å²) in [4.78, 5) is 23.6. The maximum atomic E-state index is 12.3. The van der Waals surface area contributed by atoms with Gasteiger partial charge in [0.05, 0.1) is 17.6 Å². The molecule has 9 heteroatoms. The van der Waals surface area contributed by atoms with E-state index in [0.29, 0.717) is 0 Å². The van der Waals surface area contributed by atoms with Gasteiger partial charge < -0.3 is 9.47 Å². The highest BCUT2D eigenvalue weighted by atomic mass is 32.2. The third-order valence-electron chi connectivity index (χ3n) is 2.95. The highest BCUT2D eigenvalue weighted by molar-refractivity contribution is 7.89. The molecule has 2 rings (SSSR count). The monoisotopic (exact) mass is 369 g/mol. The van der Waals surface area contributed by atoms with Gasteiger partial charge in [-0.25, -0.2) is 22.7 Å². The molecular weight excluding hydrogens is 354 g/mol. The molecular formula is C15H15NO6S2. The fourth-order valence-corrected chi connectivity index (χ4v) is 3.51. The molecule has 0 aliphatic rings. The number of benzene rings is 1. The van der Waals surface area contributed by atoms with E-state index in [0.717, 1.165) is 4.88 Å². The van der Waals surface area contributed by atoms with Gasteiger partial charge in [0.1, 0.15) is 0 Å². The number of methoxy groups -OCH3 is 1. The van der Waals surface area contributed by atoms with E-state index in [1.807, 2.05) is 17.5 Å². The van der Waals surface area contributed by atoms with Gasteiger partial charge in [-0.05, 0) is 29.6 Å². The molecule has 1 aromatic carbocycles. The van der Waals surface area contributed by atoms with Crippen LogP contribution in [-0.4, -0.2) is 34.1 Å². The number of hydrogen-bond acceptors (Lipinski definition) is 7. The summed E-state index contributed by atoms with van der Waals surface area (Å²) in [6, 6.07) is 9.02. The van der Waals surface area contributed by atoms with E-state index in [4.69, 9.17) is 4.74 Å². The van der Waals surface area contributed by atoms with Crippen molar-refractivity contribution < 1.29 is 27.5 Å². The third-order valence-corrected chi connectivity index (χ3v) is 5.22. The van der Waals surface area contributed by atoms with E-state index >= 15 is 0 Å². The van der Waals surface area contributed by atoms with E-state index in [1.165, 1.54) is 42.7 Å². The minimum absolute atomic E-state index is 0.0258. The maximum absolute atomic E-state index is 12.3. The topological polar surface area (TPSA) is 98.8 Å². The summed E-state index contributed by atoms with van der Waals surface area (Å²) in [7, 11) is -2.60. The quantitative estimate of drug-likeness (QED) is 0.744. The molecule has 2 aromatic rings. The third kappa shape index (κ3) is 4.88. The SMILES string of the molecule is COC(=O)COC(=O)c1cccc(S(=O)(=O)NCc2cccs2)c1. The highest BCUT2D eigenvalue weighted by Gasteiger charge is 2.17. The number of carbonyl (C=O) groups excluding carboxylic acids is 2. The second-order valence-electron chi connectivity index (χ2n) is 4.58. The first kappa shape index (κ1) is 18.1. The maximum Gasteiger partial charge on any atom is 0.344 e. The van der Waals surface area contributed by atoms with E-state index in [-0.39, 0.29) is 17.0 Å². The van der Waals surface area contributed by atoms with E-state index < -0.39 is 28.6 Å². The Hall–Kier alpha value is -2.23. The molecule has 0 atom stereocenters. The van der Waals surface area contributed by atoms with Crippen molar-refractivity contribution in [3.63, 3.8) is 0 Å². The van der Waals surface area contributed by atoms with Gasteiger partial charge in [-0.15, -0.1) is 11.3 Å². The molecule has 0 aliphatic carbocycles. The van der Waals surface area contributed by atoms with Crippen LogP contribution in [0.5, 0.6) is 0 Å². The van der Waals surface area contributed by atoms with E-state index in [1.54, 1.807) is 0 Å². The van der Waals surface area contributed by atoms with Crippen molar-refractivity contribution in [1.29, 1.82) is 0 Å². The summed E-state index contributed by atoms with van der Waals surface area (Å²) in [6.45, 7) is -0.375. The molecule has 0 amide bonds. The number of thiophene rings is 1. The van der Waals surface area contributed by atoms with Gasteiger partial charge in [0.25, 0.3) is 0 Å². The average molecular weight is 369 g/mol. The Bertz CT molecular complexity index is 814. The van der Waals surface area contributed by atoms with Crippen LogP contribution in [0.3, 0.4) is 0 Å². The molecule has 128 valence electrons. The molecule has 1 aromatic heterocycles. The van der Waals surface area contributed by atoms with Crippen LogP contribution in [-0.2, 0) is 30.8 Å². The van der Waals surface area contributed by atoms with Crippen molar-refractivity contribution in [2.24, 2.45) is 0 Å². The van der Waals surface area contributed by atoms with Gasteiger partial charge in [-0.2, -0.15) is 0 Å². The van der Waals surface area contributed by atoms with Crippen LogP contribution in [0.15, 0.2) is 46.7 Å². The molecule has 1 N–H and O–H groups in total. The summed E-state index contributed by atoms with van der Waals surface area (Å²) in [5.41, 5.74) is 0.0258. The minimum atomic E-state index is -3.77. The highest BCUT2D eigenvalue weighted by Crippen LogP contribution is 2.14. The van der Waals surface area contributed by atoms with Gasteiger partial charge >= 0.3 is 11.9 Å². The summed E-state index contributed by atoms with van der Waals surface area (Å²) >= 11 is 1.43. The average Bonchev–Trinajstić information content (AvgIpc) is 3.11. The molecule has 0 radical (unpaired) electrons. The number of sulfonamides is 1. The normalized spacial score (nSPS) is 11.0. The second-order valence-corrected chi connectivity index (χ2v) is 7.38. The van der Waals surface area contributed by atoms with Crippen LogP contribution in [0.1, 0.15) is 15.2 Å². The molecule has 1 heterocycles. The molecule has 0 fully saturated rings. The molecule has 24 heavy (non-hydrogen) atoms. The van der Waals surface area contributed by atoms with Crippen LogP contribution in [0.25, 0.3) is 0 Å². The molecule has 7 nitrogen and oxygen atoms in total. The predicted octanol–water partition coefficient (Wildman–Crippen LogP) is 1.56. The van der Waals surface area contributed by atoms with Crippen LogP contribution in [0, 0.1) is 0 Å². The van der Waals surface area contributed by atoms with Gasteiger partial charge in [0.15, 0.2) is 6.61 Å². The van der Waals surface area contributed by atoms with Crippen molar-refractivity contribution in [3.8, 4) is 0 Å². The van der Waals surface area contributed by atoms with Crippen molar-refractivity contribution >= 4 is 33.3 Å². The molecule has 0 unspecified atom stereocenters. The Morgan fingerprint density at radius 3 is 2.67 bits per heavy atom. The molecule has 0 saturated heterocycles. The largest absolute Gasteiger partial charge is 0.466 e. The molecule has 0 spiro atoms. The lowest BCUT2D eigenvalue weighted by Gasteiger charge is -2.08. The van der Waals surface area contributed by atoms with E-state index in [2.05, 4.69) is 9.46 Å². The fourth-order valence-electron chi connectivity index (χ4n) is 1.72. The van der Waals surface area contributed by atoms with Gasteiger partial charge in [0, 0.05) is 11.4 Å². The van der Waals surface area contributed by atoms with Crippen LogP contribution in [0.2, 0.25) is 0 Å². The first-order chi connectivity index (χ1) is 11.4. The zero-order valence-electron chi connectivity index (χ0n) is 12.7. The van der Waals surface area contributed by atoms with Crippen molar-refractivity contribution in [3.05, 3.63) is 52.2 Å². The van der Waals surface area contributed by atoms with Gasteiger partial charge in [-0.3, -0.25) is 0 Å². The predicted molar refractivity (Wildman–Crippen MR) is 87.1 cm³/mol. The number of carbonyl (C=O) groups is 2. The Labute approximate surface area is 143 Å². The Morgan fingerprint density at radius 2 is 2.00 bits per heavy atom. The smallest absolute Gasteiger partial charge is 0.344 e. The van der Waals surface area contributed by atoms with Crippen LogP contribution < -0.4 is 4.72 Å². The molecule has 0 aliphatic heterocycles. The summed E-state index contributed by atoms with van der Waals surface area (Å²) < 4.78 is 36.1. The lowest BCUT2D eigenvalue weighted by molar-refractivity contribution is -0.144. The number of nitrogens with one attached hydrogen (secondary N) is 1. The molecule has 0 saturated carbocycles. The first-order valence-electron chi connectivity index (χ1n) is 6.78. The van der Waals surface area contributed by atoms with E-state index in [9.17, 15) is 18.0 Å². The number of esters is 2. The lowest BCUT2D eigenvalue weighted by atomic mass is 10.2. The fraction of sp³-hybridized carbons (Fsp3) is 0.200. The number of rotatable bonds is 7. The van der Waals surface area contributed by atoms with Crippen molar-refractivity contribution in [2.75, 3.05) is 13.7 Å². The van der Waals surface area contributed by atoms with Crippen LogP contribution in [0.4, 0.5) is 0 Å². The first-order valence-corrected chi connectivity index (χ1v) is 9.15. The number of hydrogen-bond donors (Lipinski definition) is 1. The van der Waals surface area contributed by atoms with Crippen LogP contribution >= 0.6 is 11.3 Å². The van der Waals surface area contributed by atoms with Crippen molar-refractivity contribution in [2.45, 2.75) is 11.4 Å². The van der Waals surface area contributed by atoms with Crippen molar-refractivity contribution in [1.82, 2.24) is 4.72 Å². The summed E-state index contributed by atoms with van der Waals surface area (Å²) in [5, 5.41) is 1.85. The Balaban J connectivity index is 2.08. The lowest BCUT2D eigenvalue weighted by Crippen LogP contribution is -2.23. The standard InChI is InChI=1S/C15H15NO6S2/c1-21-14(17)10-22-15(18)11-4-2-6-13(8-11)24(19,20)16-9-12-5-3-7-23-12/h2-8,16H,9-10H2,1H3. The zero-order valence-corrected chi connectivity index (χ0v) is 14.4. The Kier molecular flexibility index (Phi) is 6.07.